The molecule has 0 radical (unpaired) electrons. The standard InChI is InChI=1S/C27H35N5O3/c1-17-21(22(25(33)34)35-27(2,3)4)24(31-15-14-18-10-8-9-13-20(18)16-31)32-26(28-17)29-23(30-32)19-11-6-5-7-12-19/h5-7,11-12,18,20,22H,8-10,13-16H2,1-4H3,(H,33,34)/t18?,20-,22?/m1/s1. The Kier molecular flexibility index (Phi) is 6.25. The number of carboxylic acids is 1. The van der Waals surface area contributed by atoms with Gasteiger partial charge in [0.05, 0.1) is 16.9 Å². The number of hydrogen-bond donors (Lipinski definition) is 1. The van der Waals surface area contributed by atoms with Crippen LogP contribution in [0.15, 0.2) is 30.3 Å². The largest absolute Gasteiger partial charge is 0.479 e. The fourth-order valence-corrected chi connectivity index (χ4v) is 5.70. The van der Waals surface area contributed by atoms with E-state index in [-0.39, 0.29) is 0 Å². The van der Waals surface area contributed by atoms with Crippen molar-refractivity contribution in [2.75, 3.05) is 18.0 Å². The smallest absolute Gasteiger partial charge is 0.337 e. The van der Waals surface area contributed by atoms with E-state index in [1.165, 1.54) is 25.7 Å². The summed E-state index contributed by atoms with van der Waals surface area (Å²) < 4.78 is 7.86. The molecule has 3 heterocycles. The van der Waals surface area contributed by atoms with Crippen molar-refractivity contribution in [3.63, 3.8) is 0 Å². The van der Waals surface area contributed by atoms with Crippen molar-refractivity contribution >= 4 is 17.6 Å². The van der Waals surface area contributed by atoms with E-state index in [1.54, 1.807) is 4.52 Å². The number of fused-ring (bicyclic) bond motifs is 2. The number of aromatic nitrogens is 4. The number of anilines is 1. The zero-order valence-corrected chi connectivity index (χ0v) is 21.1. The van der Waals surface area contributed by atoms with E-state index in [0.29, 0.717) is 28.8 Å². The van der Waals surface area contributed by atoms with E-state index < -0.39 is 17.7 Å². The third-order valence-electron chi connectivity index (χ3n) is 7.27. The fraction of sp³-hybridized carbons (Fsp3) is 0.556. The molecule has 0 bridgehead atoms. The predicted molar refractivity (Wildman–Crippen MR) is 134 cm³/mol. The highest BCUT2D eigenvalue weighted by Gasteiger charge is 2.38. The Morgan fingerprint density at radius 1 is 1.09 bits per heavy atom. The zero-order chi connectivity index (χ0) is 24.7. The summed E-state index contributed by atoms with van der Waals surface area (Å²) in [6.07, 6.45) is 5.04. The highest BCUT2D eigenvalue weighted by atomic mass is 16.5. The van der Waals surface area contributed by atoms with Crippen LogP contribution in [0.3, 0.4) is 0 Å². The summed E-state index contributed by atoms with van der Waals surface area (Å²) in [6, 6.07) is 9.81. The molecule has 3 aromatic rings. The van der Waals surface area contributed by atoms with Gasteiger partial charge in [-0.15, -0.1) is 5.10 Å². The molecule has 1 aromatic carbocycles. The molecular weight excluding hydrogens is 442 g/mol. The van der Waals surface area contributed by atoms with Gasteiger partial charge in [-0.25, -0.2) is 9.78 Å². The number of ether oxygens (including phenoxy) is 1. The van der Waals surface area contributed by atoms with Crippen LogP contribution in [0.5, 0.6) is 0 Å². The van der Waals surface area contributed by atoms with Gasteiger partial charge in [0.15, 0.2) is 11.9 Å². The minimum atomic E-state index is -1.16. The van der Waals surface area contributed by atoms with Crippen LogP contribution >= 0.6 is 0 Å². The first-order chi connectivity index (χ1) is 16.7. The van der Waals surface area contributed by atoms with Gasteiger partial charge >= 0.3 is 5.97 Å². The molecule has 5 rings (SSSR count). The summed E-state index contributed by atoms with van der Waals surface area (Å²) in [4.78, 5) is 24.3. The SMILES string of the molecule is Cc1nc2nc(-c3ccccc3)nn2c(N2CCC3CCCC[C@@H]3C2)c1C(OC(C)(C)C)C(=O)O. The molecule has 2 unspecified atom stereocenters. The molecule has 2 aromatic heterocycles. The van der Waals surface area contributed by atoms with E-state index in [4.69, 9.17) is 19.8 Å². The van der Waals surface area contributed by atoms with Gasteiger partial charge in [-0.1, -0.05) is 49.6 Å². The van der Waals surface area contributed by atoms with Gasteiger partial charge < -0.3 is 14.7 Å². The van der Waals surface area contributed by atoms with Crippen molar-refractivity contribution in [1.82, 2.24) is 19.6 Å². The molecule has 0 amide bonds. The van der Waals surface area contributed by atoms with Gasteiger partial charge in [-0.2, -0.15) is 9.50 Å². The molecule has 35 heavy (non-hydrogen) atoms. The molecule has 1 aliphatic carbocycles. The number of carbonyl (C=O) groups is 1. The van der Waals surface area contributed by atoms with Gasteiger partial charge in [0, 0.05) is 18.7 Å². The lowest BCUT2D eigenvalue weighted by molar-refractivity contribution is -0.160. The van der Waals surface area contributed by atoms with E-state index in [2.05, 4.69) is 4.90 Å². The zero-order valence-electron chi connectivity index (χ0n) is 21.1. The number of aliphatic carboxylic acids is 1. The highest BCUT2D eigenvalue weighted by molar-refractivity contribution is 5.78. The summed E-state index contributed by atoms with van der Waals surface area (Å²) in [7, 11) is 0. The number of hydrogen-bond acceptors (Lipinski definition) is 6. The monoisotopic (exact) mass is 477 g/mol. The number of aryl methyl sites for hydroxylation is 1. The Hall–Kier alpha value is -3.00. The Labute approximate surface area is 206 Å². The third kappa shape index (κ3) is 4.76. The first-order valence-electron chi connectivity index (χ1n) is 12.7. The number of carboxylic acid groups (broad SMARTS) is 1. The van der Waals surface area contributed by atoms with Crippen molar-refractivity contribution in [3.05, 3.63) is 41.6 Å². The average Bonchev–Trinajstić information content (AvgIpc) is 3.25. The van der Waals surface area contributed by atoms with E-state index >= 15 is 0 Å². The van der Waals surface area contributed by atoms with Crippen LogP contribution in [0.25, 0.3) is 17.2 Å². The molecule has 0 spiro atoms. The number of benzene rings is 1. The Balaban J connectivity index is 1.68. The fourth-order valence-electron chi connectivity index (χ4n) is 5.70. The summed E-state index contributed by atoms with van der Waals surface area (Å²) >= 11 is 0. The first kappa shape index (κ1) is 23.7. The van der Waals surface area contributed by atoms with Crippen LogP contribution in [0.4, 0.5) is 5.82 Å². The van der Waals surface area contributed by atoms with Gasteiger partial charge in [0.1, 0.15) is 5.82 Å². The molecular formula is C27H35N5O3. The molecule has 1 aliphatic heterocycles. The van der Waals surface area contributed by atoms with Crippen molar-refractivity contribution in [1.29, 1.82) is 0 Å². The molecule has 1 N–H and O–H groups in total. The Bertz CT molecular complexity index is 1220. The lowest BCUT2D eigenvalue weighted by atomic mass is 9.75. The maximum Gasteiger partial charge on any atom is 0.337 e. The van der Waals surface area contributed by atoms with Crippen molar-refractivity contribution in [2.45, 2.75) is 71.5 Å². The second-order valence-electron chi connectivity index (χ2n) is 10.9. The highest BCUT2D eigenvalue weighted by Crippen LogP contribution is 2.41. The lowest BCUT2D eigenvalue weighted by Crippen LogP contribution is -2.43. The quantitative estimate of drug-likeness (QED) is 0.549. The Morgan fingerprint density at radius 3 is 2.49 bits per heavy atom. The predicted octanol–water partition coefficient (Wildman–Crippen LogP) is 5.06. The summed E-state index contributed by atoms with van der Waals surface area (Å²) in [5.74, 6) is 2.14. The molecule has 8 heteroatoms. The maximum absolute atomic E-state index is 12.5. The van der Waals surface area contributed by atoms with E-state index in [9.17, 15) is 9.90 Å². The first-order valence-corrected chi connectivity index (χ1v) is 12.7. The van der Waals surface area contributed by atoms with Crippen LogP contribution in [0, 0.1) is 18.8 Å². The average molecular weight is 478 g/mol. The van der Waals surface area contributed by atoms with Crippen molar-refractivity contribution < 1.29 is 14.6 Å². The summed E-state index contributed by atoms with van der Waals surface area (Å²) in [5.41, 5.74) is 1.44. The molecule has 186 valence electrons. The topological polar surface area (TPSA) is 92.9 Å². The van der Waals surface area contributed by atoms with Crippen LogP contribution in [-0.4, -0.2) is 49.3 Å². The Morgan fingerprint density at radius 2 is 1.80 bits per heavy atom. The van der Waals surface area contributed by atoms with Crippen LogP contribution in [0.1, 0.15) is 70.2 Å². The number of piperidine rings is 1. The summed E-state index contributed by atoms with van der Waals surface area (Å²) in [6.45, 7) is 9.22. The van der Waals surface area contributed by atoms with Crippen LogP contribution in [-0.2, 0) is 9.53 Å². The number of rotatable bonds is 5. The van der Waals surface area contributed by atoms with Crippen molar-refractivity contribution in [3.8, 4) is 11.4 Å². The molecule has 1 saturated carbocycles. The minimum Gasteiger partial charge on any atom is -0.479 e. The number of nitrogens with zero attached hydrogens (tertiary/aromatic N) is 5. The van der Waals surface area contributed by atoms with E-state index in [1.807, 2.05) is 58.0 Å². The minimum absolute atomic E-state index is 0.478. The third-order valence-corrected chi connectivity index (χ3v) is 7.27. The summed E-state index contributed by atoms with van der Waals surface area (Å²) in [5, 5.41) is 15.1. The van der Waals surface area contributed by atoms with Gasteiger partial charge in [-0.3, -0.25) is 0 Å². The second kappa shape index (κ2) is 9.22. The molecule has 2 fully saturated rings. The normalized spacial score (nSPS) is 21.7. The maximum atomic E-state index is 12.5. The van der Waals surface area contributed by atoms with Gasteiger partial charge in [-0.05, 0) is 52.4 Å². The van der Waals surface area contributed by atoms with Crippen molar-refractivity contribution in [2.24, 2.45) is 11.8 Å². The molecule has 2 aliphatic rings. The van der Waals surface area contributed by atoms with Crippen LogP contribution < -0.4 is 4.90 Å². The van der Waals surface area contributed by atoms with Gasteiger partial charge in [0.2, 0.25) is 0 Å². The van der Waals surface area contributed by atoms with Crippen LogP contribution in [0.2, 0.25) is 0 Å². The second-order valence-corrected chi connectivity index (χ2v) is 10.9. The van der Waals surface area contributed by atoms with E-state index in [0.717, 1.165) is 36.8 Å². The van der Waals surface area contributed by atoms with Gasteiger partial charge in [0.25, 0.3) is 5.78 Å². The molecule has 1 saturated heterocycles. The molecule has 3 atom stereocenters. The molecule has 8 nitrogen and oxygen atoms in total. The lowest BCUT2D eigenvalue weighted by Gasteiger charge is -2.43.